The van der Waals surface area contributed by atoms with Crippen LogP contribution in [0.2, 0.25) is 0 Å². The summed E-state index contributed by atoms with van der Waals surface area (Å²) >= 11 is 0. The van der Waals surface area contributed by atoms with Gasteiger partial charge in [0.2, 0.25) is 0 Å². The second kappa shape index (κ2) is 11.1. The topological polar surface area (TPSA) is 37.2 Å². The summed E-state index contributed by atoms with van der Waals surface area (Å²) in [6, 6.07) is 60.3. The fourth-order valence-corrected chi connectivity index (χ4v) is 14.4. The smallest absolute Gasteiger partial charge is 0.188 e. The van der Waals surface area contributed by atoms with Crippen molar-refractivity contribution >= 4 is 84.8 Å². The van der Waals surface area contributed by atoms with Crippen molar-refractivity contribution in [2.75, 3.05) is 9.80 Å². The molecule has 0 unspecified atom stereocenters. The number of para-hydroxylation sites is 5. The van der Waals surface area contributed by atoms with Gasteiger partial charge in [-0.05, 0) is 93.5 Å². The van der Waals surface area contributed by atoms with Gasteiger partial charge in [0.15, 0.2) is 8.07 Å². The molecule has 52 heavy (non-hydrogen) atoms. The first kappa shape index (κ1) is 29.0. The molecule has 0 saturated heterocycles. The molecule has 2 aliphatic rings. The molecule has 0 atom stereocenters. The first-order valence-electron chi connectivity index (χ1n) is 17.7. The van der Waals surface area contributed by atoms with Crippen LogP contribution in [0.15, 0.2) is 189 Å². The van der Waals surface area contributed by atoms with Crippen LogP contribution in [0, 0.1) is 0 Å². The van der Waals surface area contributed by atoms with Gasteiger partial charge >= 0.3 is 0 Å². The van der Waals surface area contributed by atoms with Crippen molar-refractivity contribution in [2.45, 2.75) is 0 Å². The van der Waals surface area contributed by atoms with E-state index in [2.05, 4.69) is 182 Å². The Morgan fingerprint density at radius 2 is 0.865 bits per heavy atom. The van der Waals surface area contributed by atoms with E-state index >= 15 is 0 Å². The predicted molar refractivity (Wildman–Crippen MR) is 216 cm³/mol. The van der Waals surface area contributed by atoms with Gasteiger partial charge in [-0.25, -0.2) is 0 Å². The van der Waals surface area contributed by atoms with Crippen LogP contribution >= 0.6 is 0 Å². The number of nitrogens with zero attached hydrogens (tertiary/aromatic N) is 5. The predicted octanol–water partition coefficient (Wildman–Crippen LogP) is 8.52. The van der Waals surface area contributed by atoms with E-state index in [1.165, 1.54) is 49.2 Å². The molecular formula is C46H31N5Si. The molecule has 6 aromatic carbocycles. The Bertz CT molecular complexity index is 2730. The fourth-order valence-electron chi connectivity index (χ4n) is 8.96. The molecule has 244 valence electrons. The molecule has 6 heteroatoms. The van der Waals surface area contributed by atoms with E-state index in [1.54, 1.807) is 0 Å². The standard InChI is InChI=1S/C46H31N5Si/c1-2-13-32(14-3-1)49-39-16-4-8-20-43(39)52(44-21-9-5-17-40(44)49)45-22-10-6-18-41(45)50(42-19-7-11-23-46(42)52)33-24-25-37-35(29-33)36-31-48-28-26-38(36)51(37)34-15-12-27-47-30-34/h1-31H. The van der Waals surface area contributed by atoms with Crippen molar-refractivity contribution < 1.29 is 0 Å². The number of rotatable bonds is 3. The van der Waals surface area contributed by atoms with Gasteiger partial charge in [-0.3, -0.25) is 9.97 Å². The molecule has 0 saturated carbocycles. The van der Waals surface area contributed by atoms with E-state index in [-0.39, 0.29) is 0 Å². The highest BCUT2D eigenvalue weighted by Crippen LogP contribution is 2.45. The normalized spacial score (nSPS) is 13.8. The van der Waals surface area contributed by atoms with Gasteiger partial charge in [-0.2, -0.15) is 0 Å². The summed E-state index contributed by atoms with van der Waals surface area (Å²) in [5.74, 6) is 0. The molecule has 2 aliphatic heterocycles. The highest BCUT2D eigenvalue weighted by atomic mass is 28.3. The lowest BCUT2D eigenvalue weighted by Gasteiger charge is -2.50. The lowest BCUT2D eigenvalue weighted by atomic mass is 10.1. The maximum absolute atomic E-state index is 4.57. The quantitative estimate of drug-likeness (QED) is 0.175. The average molecular weight is 682 g/mol. The molecule has 1 spiro atoms. The minimum Gasteiger partial charge on any atom is -0.311 e. The zero-order valence-corrected chi connectivity index (χ0v) is 29.1. The first-order chi connectivity index (χ1) is 25.8. The van der Waals surface area contributed by atoms with E-state index in [0.29, 0.717) is 0 Å². The van der Waals surface area contributed by atoms with Crippen molar-refractivity contribution in [3.63, 3.8) is 0 Å². The summed E-state index contributed by atoms with van der Waals surface area (Å²) in [7, 11) is -2.84. The van der Waals surface area contributed by atoms with Crippen LogP contribution in [0.1, 0.15) is 0 Å². The van der Waals surface area contributed by atoms with Crippen LogP contribution in [0.4, 0.5) is 34.1 Å². The van der Waals surface area contributed by atoms with E-state index in [0.717, 1.165) is 33.2 Å². The second-order valence-corrected chi connectivity index (χ2v) is 17.1. The minimum absolute atomic E-state index is 1.03. The van der Waals surface area contributed by atoms with Crippen molar-refractivity contribution in [1.82, 2.24) is 14.5 Å². The fraction of sp³-hybridized carbons (Fsp3) is 0. The van der Waals surface area contributed by atoms with Gasteiger partial charge < -0.3 is 14.4 Å². The van der Waals surface area contributed by atoms with E-state index in [1.807, 2.05) is 30.9 Å². The number of hydrogen-bond acceptors (Lipinski definition) is 4. The first-order valence-corrected chi connectivity index (χ1v) is 19.7. The zero-order chi connectivity index (χ0) is 34.2. The molecule has 0 bridgehead atoms. The van der Waals surface area contributed by atoms with Crippen molar-refractivity contribution in [1.29, 1.82) is 0 Å². The Labute approximate surface area is 302 Å². The summed E-state index contributed by atoms with van der Waals surface area (Å²) in [5.41, 5.74) is 10.5. The van der Waals surface area contributed by atoms with Crippen LogP contribution in [0.25, 0.3) is 27.5 Å². The van der Waals surface area contributed by atoms with Gasteiger partial charge in [-0.15, -0.1) is 0 Å². The molecule has 5 heterocycles. The number of benzene rings is 6. The van der Waals surface area contributed by atoms with Gasteiger partial charge in [0.05, 0.1) is 22.9 Å². The van der Waals surface area contributed by atoms with Crippen LogP contribution in [0.5, 0.6) is 0 Å². The third kappa shape index (κ3) is 3.87. The number of fused-ring (bicyclic) bond motifs is 11. The molecule has 0 aliphatic carbocycles. The van der Waals surface area contributed by atoms with Crippen molar-refractivity contribution in [3.8, 4) is 5.69 Å². The molecule has 9 aromatic rings. The Hall–Kier alpha value is -6.76. The van der Waals surface area contributed by atoms with Crippen LogP contribution < -0.4 is 30.5 Å². The van der Waals surface area contributed by atoms with E-state index in [4.69, 9.17) is 0 Å². The molecule has 3 aromatic heterocycles. The minimum atomic E-state index is -2.84. The molecular weight excluding hydrogens is 651 g/mol. The number of aromatic nitrogens is 3. The van der Waals surface area contributed by atoms with Gasteiger partial charge in [-0.1, -0.05) is 91.0 Å². The molecule has 0 radical (unpaired) electrons. The van der Waals surface area contributed by atoms with Gasteiger partial charge in [0, 0.05) is 63.5 Å². The van der Waals surface area contributed by atoms with Crippen LogP contribution in [-0.4, -0.2) is 22.6 Å². The summed E-state index contributed by atoms with van der Waals surface area (Å²) < 4.78 is 2.29. The molecule has 0 N–H and O–H groups in total. The average Bonchev–Trinajstić information content (AvgIpc) is 3.55. The molecule has 0 fully saturated rings. The highest BCUT2D eigenvalue weighted by molar-refractivity contribution is 7.23. The van der Waals surface area contributed by atoms with E-state index < -0.39 is 8.07 Å². The Morgan fingerprint density at radius 3 is 1.44 bits per heavy atom. The maximum Gasteiger partial charge on any atom is 0.188 e. The monoisotopic (exact) mass is 681 g/mol. The van der Waals surface area contributed by atoms with Crippen LogP contribution in [-0.2, 0) is 0 Å². The van der Waals surface area contributed by atoms with E-state index in [9.17, 15) is 0 Å². The third-order valence-corrected chi connectivity index (χ3v) is 15.8. The van der Waals surface area contributed by atoms with Crippen molar-refractivity contribution in [2.24, 2.45) is 0 Å². The van der Waals surface area contributed by atoms with Gasteiger partial charge in [0.25, 0.3) is 0 Å². The zero-order valence-electron chi connectivity index (χ0n) is 28.1. The largest absolute Gasteiger partial charge is 0.311 e. The number of hydrogen-bond donors (Lipinski definition) is 0. The summed E-state index contributed by atoms with van der Waals surface area (Å²) in [6.45, 7) is 0. The lowest BCUT2D eigenvalue weighted by Crippen LogP contribution is -2.79. The lowest BCUT2D eigenvalue weighted by molar-refractivity contribution is 1.14. The summed E-state index contributed by atoms with van der Waals surface area (Å²) in [4.78, 5) is 14.0. The summed E-state index contributed by atoms with van der Waals surface area (Å²) in [5, 5.41) is 7.85. The van der Waals surface area contributed by atoms with Crippen LogP contribution in [0.3, 0.4) is 0 Å². The Morgan fingerprint density at radius 1 is 0.365 bits per heavy atom. The Kier molecular flexibility index (Phi) is 6.20. The third-order valence-electron chi connectivity index (χ3n) is 10.9. The highest BCUT2D eigenvalue weighted by Gasteiger charge is 2.53. The maximum atomic E-state index is 4.57. The summed E-state index contributed by atoms with van der Waals surface area (Å²) in [6.07, 6.45) is 7.60. The van der Waals surface area contributed by atoms with Crippen molar-refractivity contribution in [3.05, 3.63) is 189 Å². The SMILES string of the molecule is c1ccc(N2c3ccccc3[Si]3(c4ccccc42)c2ccccc2N(c2ccc4c(c2)c2cnccc2n4-c2cccnc2)c2ccccc23)cc1. The Balaban J connectivity index is 1.20. The molecule has 0 amide bonds. The molecule has 11 rings (SSSR count). The number of pyridine rings is 2. The molecule has 5 nitrogen and oxygen atoms in total. The number of anilines is 6. The van der Waals surface area contributed by atoms with Gasteiger partial charge in [0.1, 0.15) is 0 Å². The second-order valence-electron chi connectivity index (χ2n) is 13.5.